The second kappa shape index (κ2) is 8.31. The van der Waals surface area contributed by atoms with Crippen molar-refractivity contribution in [3.8, 4) is 5.75 Å². The topological polar surface area (TPSA) is 97.6 Å². The Hall–Kier alpha value is -2.40. The summed E-state index contributed by atoms with van der Waals surface area (Å²) >= 11 is 1.05. The minimum Gasteiger partial charge on any atom is -0.406 e. The van der Waals surface area contributed by atoms with Gasteiger partial charge in [0.25, 0.3) is 0 Å². The number of carbonyl (C=O) groups excluding carboxylic acids is 2. The molecule has 1 saturated heterocycles. The molecule has 1 aliphatic rings. The number of piperidine rings is 1. The van der Waals surface area contributed by atoms with E-state index in [0.29, 0.717) is 16.8 Å². The van der Waals surface area contributed by atoms with Crippen molar-refractivity contribution in [1.82, 2.24) is 9.88 Å². The molecule has 3 N–H and O–H groups in total. The van der Waals surface area contributed by atoms with Crippen LogP contribution in [0.1, 0.15) is 25.7 Å². The van der Waals surface area contributed by atoms with Gasteiger partial charge in [-0.3, -0.25) is 9.59 Å². The number of amides is 2. The monoisotopic (exact) mass is 416 g/mol. The molecule has 0 saturated carbocycles. The van der Waals surface area contributed by atoms with Gasteiger partial charge in [0.2, 0.25) is 11.8 Å². The molecule has 1 aromatic carbocycles. The molecule has 1 fully saturated rings. The first kappa shape index (κ1) is 20.3. The van der Waals surface area contributed by atoms with Crippen molar-refractivity contribution >= 4 is 38.5 Å². The highest BCUT2D eigenvalue weighted by Crippen LogP contribution is 2.32. The van der Waals surface area contributed by atoms with Crippen molar-refractivity contribution in [3.63, 3.8) is 0 Å². The molecule has 0 bridgehead atoms. The molecule has 0 aliphatic carbocycles. The number of nitrogens with zero attached hydrogens (tertiary/aromatic N) is 2. The number of thiazole rings is 1. The third-order valence-corrected chi connectivity index (χ3v) is 5.32. The summed E-state index contributed by atoms with van der Waals surface area (Å²) in [6, 6.07) is 3.56. The number of benzene rings is 1. The number of ether oxygens (including phenoxy) is 1. The molecular weight excluding hydrogens is 397 g/mol. The highest BCUT2D eigenvalue weighted by Gasteiger charge is 2.31. The van der Waals surface area contributed by atoms with E-state index in [1.807, 2.05) is 0 Å². The lowest BCUT2D eigenvalue weighted by molar-refractivity contribution is -0.274. The van der Waals surface area contributed by atoms with Crippen molar-refractivity contribution in [1.29, 1.82) is 0 Å². The largest absolute Gasteiger partial charge is 0.573 e. The summed E-state index contributed by atoms with van der Waals surface area (Å²) in [4.78, 5) is 30.2. The number of halogens is 3. The van der Waals surface area contributed by atoms with Crippen LogP contribution in [0.15, 0.2) is 18.2 Å². The number of hydrogen-bond donors (Lipinski definition) is 2. The molecule has 0 unspecified atom stereocenters. The van der Waals surface area contributed by atoms with E-state index in [-0.39, 0.29) is 41.7 Å². The third kappa shape index (κ3) is 5.10. The average Bonchev–Trinajstić information content (AvgIpc) is 3.01. The maximum atomic E-state index is 12.4. The van der Waals surface area contributed by atoms with Crippen LogP contribution >= 0.6 is 11.3 Å². The minimum absolute atomic E-state index is 0.0989. The van der Waals surface area contributed by atoms with Crippen LogP contribution in [0.3, 0.4) is 0 Å². The quantitative estimate of drug-likeness (QED) is 0.781. The fourth-order valence-corrected chi connectivity index (χ4v) is 4.11. The summed E-state index contributed by atoms with van der Waals surface area (Å²) in [7, 11) is 0. The molecule has 0 radical (unpaired) electrons. The number of alkyl halides is 3. The van der Waals surface area contributed by atoms with E-state index in [2.05, 4.69) is 15.0 Å². The predicted molar refractivity (Wildman–Crippen MR) is 98.0 cm³/mol. The maximum absolute atomic E-state index is 12.4. The van der Waals surface area contributed by atoms with Gasteiger partial charge in [-0.15, -0.1) is 13.2 Å². The minimum atomic E-state index is -4.78. The van der Waals surface area contributed by atoms with E-state index >= 15 is 0 Å². The van der Waals surface area contributed by atoms with Gasteiger partial charge in [0, 0.05) is 25.1 Å². The molecular formula is C17H19F3N4O3S. The van der Waals surface area contributed by atoms with E-state index in [1.165, 1.54) is 18.2 Å². The molecule has 152 valence electrons. The summed E-state index contributed by atoms with van der Waals surface area (Å²) in [6.45, 7) is 0.482. The van der Waals surface area contributed by atoms with Gasteiger partial charge in [-0.1, -0.05) is 11.3 Å². The van der Waals surface area contributed by atoms with Crippen LogP contribution in [0.2, 0.25) is 0 Å². The van der Waals surface area contributed by atoms with Gasteiger partial charge in [0.15, 0.2) is 5.13 Å². The summed E-state index contributed by atoms with van der Waals surface area (Å²) in [5.41, 5.74) is 5.88. The fourth-order valence-electron chi connectivity index (χ4n) is 3.20. The van der Waals surface area contributed by atoms with Crippen molar-refractivity contribution in [2.45, 2.75) is 38.1 Å². The van der Waals surface area contributed by atoms with Crippen LogP contribution in [0.4, 0.5) is 18.3 Å². The molecule has 1 atom stereocenters. The second-order valence-corrected chi connectivity index (χ2v) is 7.42. The molecule has 0 spiro atoms. The third-order valence-electron chi connectivity index (χ3n) is 4.38. The predicted octanol–water partition coefficient (Wildman–Crippen LogP) is 2.86. The van der Waals surface area contributed by atoms with E-state index in [1.54, 1.807) is 4.90 Å². The van der Waals surface area contributed by atoms with Gasteiger partial charge in [0.1, 0.15) is 5.75 Å². The first-order valence-corrected chi connectivity index (χ1v) is 9.52. The Bertz CT molecular complexity index is 871. The van der Waals surface area contributed by atoms with Crippen LogP contribution < -0.4 is 15.8 Å². The molecule has 2 amide bonds. The smallest absolute Gasteiger partial charge is 0.406 e. The zero-order valence-corrected chi connectivity index (χ0v) is 15.6. The normalized spacial score (nSPS) is 17.6. The van der Waals surface area contributed by atoms with Crippen LogP contribution in [-0.2, 0) is 9.59 Å². The standard InChI is InChI=1S/C17H19F3N4O3S/c18-17(19,20)27-11-4-5-12-13(8-11)28-16(22-12)23-14(25)7-10-3-1-2-6-24(10)15(26)9-21/h4-5,8,10H,1-3,6-7,9,21H2,(H,22,23,25)/t10-/m1/s1. The van der Waals surface area contributed by atoms with Crippen LogP contribution in [-0.4, -0.2) is 47.2 Å². The van der Waals surface area contributed by atoms with Gasteiger partial charge in [0.05, 0.1) is 16.8 Å². The van der Waals surface area contributed by atoms with Gasteiger partial charge in [-0.05, 0) is 31.4 Å². The SMILES string of the molecule is NCC(=O)N1CCCC[C@@H]1CC(=O)Nc1nc2ccc(OC(F)(F)F)cc2s1. The van der Waals surface area contributed by atoms with Gasteiger partial charge in [-0.2, -0.15) is 0 Å². The molecule has 1 aliphatic heterocycles. The summed E-state index contributed by atoms with van der Waals surface area (Å²) in [5.74, 6) is -0.845. The first-order chi connectivity index (χ1) is 13.2. The zero-order valence-electron chi connectivity index (χ0n) is 14.8. The fraction of sp³-hybridized carbons (Fsp3) is 0.471. The number of aromatic nitrogens is 1. The van der Waals surface area contributed by atoms with Crippen molar-refractivity contribution < 1.29 is 27.5 Å². The number of hydrogen-bond acceptors (Lipinski definition) is 6. The van der Waals surface area contributed by atoms with E-state index in [0.717, 1.165) is 30.6 Å². The second-order valence-electron chi connectivity index (χ2n) is 6.39. The summed E-state index contributed by atoms with van der Waals surface area (Å²) in [6.07, 6.45) is -2.14. The lowest BCUT2D eigenvalue weighted by Gasteiger charge is -2.35. The molecule has 2 aromatic rings. The van der Waals surface area contributed by atoms with E-state index < -0.39 is 6.36 Å². The molecule has 28 heavy (non-hydrogen) atoms. The highest BCUT2D eigenvalue weighted by molar-refractivity contribution is 7.22. The van der Waals surface area contributed by atoms with Crippen molar-refractivity contribution in [2.75, 3.05) is 18.4 Å². The molecule has 2 heterocycles. The Labute approximate surface area is 162 Å². The van der Waals surface area contributed by atoms with Crippen molar-refractivity contribution in [2.24, 2.45) is 5.73 Å². The molecule has 7 nitrogen and oxygen atoms in total. The van der Waals surface area contributed by atoms with Gasteiger partial charge < -0.3 is 20.7 Å². The van der Waals surface area contributed by atoms with E-state index in [4.69, 9.17) is 5.73 Å². The lowest BCUT2D eigenvalue weighted by atomic mass is 9.99. The van der Waals surface area contributed by atoms with Crippen LogP contribution in [0.25, 0.3) is 10.2 Å². The Morgan fingerprint density at radius 3 is 2.86 bits per heavy atom. The maximum Gasteiger partial charge on any atom is 0.573 e. The highest BCUT2D eigenvalue weighted by atomic mass is 32.1. The van der Waals surface area contributed by atoms with Gasteiger partial charge in [-0.25, -0.2) is 4.98 Å². The number of likely N-dealkylation sites (tertiary alicyclic amines) is 1. The Balaban J connectivity index is 1.66. The van der Waals surface area contributed by atoms with Crippen LogP contribution in [0, 0.1) is 0 Å². The first-order valence-electron chi connectivity index (χ1n) is 8.71. The lowest BCUT2D eigenvalue weighted by Crippen LogP contribution is -2.47. The zero-order chi connectivity index (χ0) is 20.3. The average molecular weight is 416 g/mol. The molecule has 1 aromatic heterocycles. The molecule has 3 rings (SSSR count). The Kier molecular flexibility index (Phi) is 6.04. The Morgan fingerprint density at radius 1 is 1.36 bits per heavy atom. The van der Waals surface area contributed by atoms with E-state index in [9.17, 15) is 22.8 Å². The van der Waals surface area contributed by atoms with Crippen molar-refractivity contribution in [3.05, 3.63) is 18.2 Å². The number of anilines is 1. The number of nitrogens with one attached hydrogen (secondary N) is 1. The Morgan fingerprint density at radius 2 is 2.14 bits per heavy atom. The summed E-state index contributed by atoms with van der Waals surface area (Å²) < 4.78 is 41.3. The van der Waals surface area contributed by atoms with Gasteiger partial charge >= 0.3 is 6.36 Å². The number of fused-ring (bicyclic) bond motifs is 1. The summed E-state index contributed by atoms with van der Waals surface area (Å²) in [5, 5.41) is 2.93. The van der Waals surface area contributed by atoms with Crippen LogP contribution in [0.5, 0.6) is 5.75 Å². The number of carbonyl (C=O) groups is 2. The number of nitrogens with two attached hydrogens (primary N) is 1. The molecule has 11 heteroatoms. The number of rotatable bonds is 5.